The fourth-order valence-electron chi connectivity index (χ4n) is 3.15. The maximum atomic E-state index is 12.8. The van der Waals surface area contributed by atoms with Gasteiger partial charge in [-0.05, 0) is 31.2 Å². The van der Waals surface area contributed by atoms with Gasteiger partial charge in [0, 0.05) is 18.8 Å². The van der Waals surface area contributed by atoms with E-state index in [1.807, 2.05) is 27.7 Å². The van der Waals surface area contributed by atoms with E-state index in [1.54, 1.807) is 55.6 Å². The number of nitrogens with zero attached hydrogens (tertiary/aromatic N) is 4. The van der Waals surface area contributed by atoms with Gasteiger partial charge in [0.25, 0.3) is 11.1 Å². The van der Waals surface area contributed by atoms with Gasteiger partial charge >= 0.3 is 5.69 Å². The molecule has 0 unspecified atom stereocenters. The molecule has 0 spiro atoms. The third kappa shape index (κ3) is 4.25. The molecule has 7 heteroatoms. The van der Waals surface area contributed by atoms with E-state index in [0.717, 1.165) is 0 Å². The summed E-state index contributed by atoms with van der Waals surface area (Å²) < 4.78 is 4.12. The van der Waals surface area contributed by atoms with Crippen LogP contribution >= 0.6 is 0 Å². The summed E-state index contributed by atoms with van der Waals surface area (Å²) in [6, 6.07) is 13.7. The first-order chi connectivity index (χ1) is 14.6. The van der Waals surface area contributed by atoms with E-state index in [1.165, 1.54) is 19.6 Å². The molecule has 0 N–H and O–H groups in total. The molecule has 7 nitrogen and oxygen atoms in total. The molecule has 0 saturated carbocycles. The van der Waals surface area contributed by atoms with E-state index in [-0.39, 0.29) is 24.2 Å². The number of para-hydroxylation sites is 1. The highest BCUT2D eigenvalue weighted by atomic mass is 16.2. The second-order valence-corrected chi connectivity index (χ2v) is 5.95. The average molecular weight is 409 g/mol. The number of aromatic nitrogens is 4. The summed E-state index contributed by atoms with van der Waals surface area (Å²) in [5.41, 5.74) is 0.571. The fourth-order valence-corrected chi connectivity index (χ4v) is 3.15. The van der Waals surface area contributed by atoms with Gasteiger partial charge in [-0.2, -0.15) is 0 Å². The number of hydrogen-bond donors (Lipinski definition) is 0. The second-order valence-electron chi connectivity index (χ2n) is 5.95. The predicted molar refractivity (Wildman–Crippen MR) is 121 cm³/mol. The molecule has 0 saturated heterocycles. The highest BCUT2D eigenvalue weighted by Gasteiger charge is 2.13. The summed E-state index contributed by atoms with van der Waals surface area (Å²) >= 11 is 0. The van der Waals surface area contributed by atoms with Gasteiger partial charge in [-0.1, -0.05) is 45.9 Å². The van der Waals surface area contributed by atoms with Gasteiger partial charge in [0.15, 0.2) is 0 Å². The first-order valence-electron chi connectivity index (χ1n) is 10.3. The van der Waals surface area contributed by atoms with Gasteiger partial charge in [-0.3, -0.25) is 23.1 Å². The molecule has 0 bridgehead atoms. The molecule has 0 atom stereocenters. The van der Waals surface area contributed by atoms with Gasteiger partial charge in [0.2, 0.25) is 0 Å². The normalized spacial score (nSPS) is 10.2. The molecule has 158 valence electrons. The first kappa shape index (κ1) is 22.8. The Bertz CT molecular complexity index is 1320. The van der Waals surface area contributed by atoms with E-state index < -0.39 is 5.69 Å². The molecular weight excluding hydrogens is 380 g/mol. The van der Waals surface area contributed by atoms with Crippen molar-refractivity contribution in [2.45, 2.75) is 47.7 Å². The van der Waals surface area contributed by atoms with Crippen LogP contribution in [0, 0.1) is 0 Å². The molecule has 0 aliphatic carbocycles. The van der Waals surface area contributed by atoms with Crippen LogP contribution in [-0.2, 0) is 13.1 Å². The second kappa shape index (κ2) is 10.3. The lowest BCUT2D eigenvalue weighted by atomic mass is 10.2. The molecule has 4 rings (SSSR count). The zero-order chi connectivity index (χ0) is 22.3. The van der Waals surface area contributed by atoms with Crippen molar-refractivity contribution in [1.29, 1.82) is 0 Å². The van der Waals surface area contributed by atoms with Gasteiger partial charge in [-0.25, -0.2) is 9.78 Å². The Labute approximate surface area is 174 Å². The maximum Gasteiger partial charge on any atom is 0.331 e. The molecule has 0 fully saturated rings. The lowest BCUT2D eigenvalue weighted by Gasteiger charge is -2.13. The van der Waals surface area contributed by atoms with Crippen LogP contribution in [0.4, 0.5) is 0 Å². The van der Waals surface area contributed by atoms with Crippen LogP contribution in [0.3, 0.4) is 0 Å². The highest BCUT2D eigenvalue weighted by Crippen LogP contribution is 2.09. The monoisotopic (exact) mass is 408 g/mol. The molecule has 1 aromatic carbocycles. The Hall–Kier alpha value is -3.48. The summed E-state index contributed by atoms with van der Waals surface area (Å²) in [7, 11) is 0. The van der Waals surface area contributed by atoms with E-state index >= 15 is 0 Å². The topological polar surface area (TPSA) is 78.4 Å². The molecule has 0 aliphatic heterocycles. The Balaban J connectivity index is 0.000000757. The largest absolute Gasteiger partial charge is 0.331 e. The van der Waals surface area contributed by atoms with Crippen LogP contribution < -0.4 is 16.8 Å². The zero-order valence-corrected chi connectivity index (χ0v) is 18.1. The Morgan fingerprint density at radius 1 is 0.867 bits per heavy atom. The van der Waals surface area contributed by atoms with Crippen molar-refractivity contribution in [3.63, 3.8) is 0 Å². The lowest BCUT2D eigenvalue weighted by Crippen LogP contribution is -2.40. The molecule has 3 aromatic heterocycles. The van der Waals surface area contributed by atoms with E-state index in [2.05, 4.69) is 4.98 Å². The number of fused-ring (bicyclic) bond motifs is 2. The Kier molecular flexibility index (Phi) is 7.86. The Morgan fingerprint density at radius 3 is 2.23 bits per heavy atom. The average Bonchev–Trinajstić information content (AvgIpc) is 2.80. The van der Waals surface area contributed by atoms with Crippen molar-refractivity contribution in [3.8, 4) is 0 Å². The van der Waals surface area contributed by atoms with Crippen LogP contribution in [0.2, 0.25) is 0 Å². The molecule has 0 aliphatic rings. The predicted octanol–water partition coefficient (Wildman–Crippen LogP) is 3.29. The summed E-state index contributed by atoms with van der Waals surface area (Å²) in [5, 5.41) is 0.464. The SMILES string of the molecule is CC.CC.CCn1c(=O)c2ccccc2n(Cc2cc(=O)n3ccccc3n2)c1=O. The standard InChI is InChI=1S/C19H16N4O3.2C2H6/c1-2-21-18(25)14-7-3-4-8-15(14)23(19(21)26)12-13-11-17(24)22-10-6-5-9-16(22)20-13;2*1-2/h3-11H,2,12H2,1H3;2*1-2H3. The van der Waals surface area contributed by atoms with Crippen molar-refractivity contribution in [1.82, 2.24) is 18.5 Å². The van der Waals surface area contributed by atoms with Crippen LogP contribution in [0.25, 0.3) is 16.6 Å². The number of pyridine rings is 1. The summed E-state index contributed by atoms with van der Waals surface area (Å²) in [6.45, 7) is 10.1. The minimum atomic E-state index is -0.411. The van der Waals surface area contributed by atoms with Crippen LogP contribution in [0.15, 0.2) is 69.1 Å². The van der Waals surface area contributed by atoms with Gasteiger partial charge in [0.05, 0.1) is 23.1 Å². The summed E-state index contributed by atoms with van der Waals surface area (Å²) in [4.78, 5) is 42.1. The smallest absolute Gasteiger partial charge is 0.287 e. The fraction of sp³-hybridized carbons (Fsp3) is 0.304. The van der Waals surface area contributed by atoms with E-state index in [9.17, 15) is 14.4 Å². The van der Waals surface area contributed by atoms with Crippen LogP contribution in [0.1, 0.15) is 40.3 Å². The molecule has 30 heavy (non-hydrogen) atoms. The van der Waals surface area contributed by atoms with Crippen LogP contribution in [0.5, 0.6) is 0 Å². The minimum absolute atomic E-state index is 0.111. The van der Waals surface area contributed by atoms with E-state index in [4.69, 9.17) is 0 Å². The first-order valence-corrected chi connectivity index (χ1v) is 10.3. The number of benzene rings is 1. The molecular formula is C23H28N4O3. The quantitative estimate of drug-likeness (QED) is 0.521. The summed E-state index contributed by atoms with van der Waals surface area (Å²) in [6.07, 6.45) is 1.65. The van der Waals surface area contributed by atoms with Crippen LogP contribution in [-0.4, -0.2) is 18.5 Å². The molecule has 0 amide bonds. The third-order valence-corrected chi connectivity index (χ3v) is 4.39. The molecule has 0 radical (unpaired) electrons. The molecule has 4 aromatic rings. The number of rotatable bonds is 3. The van der Waals surface area contributed by atoms with Gasteiger partial charge < -0.3 is 0 Å². The van der Waals surface area contributed by atoms with Gasteiger partial charge in [0.1, 0.15) is 5.65 Å². The van der Waals surface area contributed by atoms with Crippen molar-refractivity contribution in [3.05, 3.63) is 91.6 Å². The summed E-state index contributed by atoms with van der Waals surface area (Å²) in [5.74, 6) is 0. The van der Waals surface area contributed by atoms with E-state index in [0.29, 0.717) is 22.2 Å². The van der Waals surface area contributed by atoms with Crippen molar-refractivity contribution < 1.29 is 0 Å². The van der Waals surface area contributed by atoms with Crippen molar-refractivity contribution in [2.24, 2.45) is 0 Å². The maximum absolute atomic E-state index is 12.8. The number of hydrogen-bond acceptors (Lipinski definition) is 4. The van der Waals surface area contributed by atoms with Gasteiger partial charge in [-0.15, -0.1) is 0 Å². The highest BCUT2D eigenvalue weighted by molar-refractivity contribution is 5.77. The molecule has 3 heterocycles. The van der Waals surface area contributed by atoms with Crippen molar-refractivity contribution in [2.75, 3.05) is 0 Å². The zero-order valence-electron chi connectivity index (χ0n) is 18.1. The Morgan fingerprint density at radius 2 is 1.53 bits per heavy atom. The lowest BCUT2D eigenvalue weighted by molar-refractivity contribution is 0.614. The third-order valence-electron chi connectivity index (χ3n) is 4.39. The minimum Gasteiger partial charge on any atom is -0.287 e. The van der Waals surface area contributed by atoms with Crippen molar-refractivity contribution >= 4 is 16.6 Å².